The first kappa shape index (κ1) is 20.3. The Labute approximate surface area is 180 Å². The van der Waals surface area contributed by atoms with Crippen molar-refractivity contribution in [3.63, 3.8) is 0 Å². The Balaban J connectivity index is 1.63. The third-order valence-corrected chi connectivity index (χ3v) is 5.18. The lowest BCUT2D eigenvalue weighted by Gasteiger charge is -2.12. The second kappa shape index (κ2) is 8.79. The van der Waals surface area contributed by atoms with Crippen LogP contribution < -0.4 is 9.47 Å². The van der Waals surface area contributed by atoms with E-state index >= 15 is 0 Å². The summed E-state index contributed by atoms with van der Waals surface area (Å²) in [5.74, 6) is 2.01. The van der Waals surface area contributed by atoms with Gasteiger partial charge in [-0.15, -0.1) is 10.2 Å². The summed E-state index contributed by atoms with van der Waals surface area (Å²) in [6, 6.07) is 18.4. The lowest BCUT2D eigenvalue weighted by molar-refractivity contribution is 0.414. The van der Waals surface area contributed by atoms with Gasteiger partial charge in [-0.2, -0.15) is 0 Å². The number of hydrogen-bond acceptors (Lipinski definition) is 6. The van der Waals surface area contributed by atoms with Crippen molar-refractivity contribution < 1.29 is 19.7 Å². The van der Waals surface area contributed by atoms with Crippen LogP contribution in [0.1, 0.15) is 11.1 Å². The van der Waals surface area contributed by atoms with E-state index in [0.29, 0.717) is 23.4 Å². The largest absolute Gasteiger partial charge is 0.508 e. The molecule has 0 atom stereocenters. The van der Waals surface area contributed by atoms with Gasteiger partial charge in [-0.25, -0.2) is 0 Å². The van der Waals surface area contributed by atoms with Crippen molar-refractivity contribution in [1.29, 1.82) is 0 Å². The molecule has 1 aromatic heterocycles. The van der Waals surface area contributed by atoms with E-state index in [-0.39, 0.29) is 11.5 Å². The molecule has 0 unspecified atom stereocenters. The van der Waals surface area contributed by atoms with Crippen LogP contribution in [-0.2, 0) is 12.8 Å². The average molecular weight is 417 g/mol. The zero-order valence-electron chi connectivity index (χ0n) is 17.3. The summed E-state index contributed by atoms with van der Waals surface area (Å²) < 4.78 is 12.2. The van der Waals surface area contributed by atoms with E-state index in [9.17, 15) is 10.2 Å². The highest BCUT2D eigenvalue weighted by molar-refractivity contribution is 5.68. The van der Waals surface area contributed by atoms with Gasteiger partial charge < -0.3 is 19.7 Å². The molecule has 4 rings (SSSR count). The molecule has 0 amide bonds. The number of benzene rings is 3. The molecule has 0 fully saturated rings. The maximum absolute atomic E-state index is 10.5. The number of methoxy groups -OCH3 is 2. The Bertz CT molecular complexity index is 1170. The number of aromatic nitrogens is 3. The first-order valence-electron chi connectivity index (χ1n) is 9.81. The van der Waals surface area contributed by atoms with Crippen LogP contribution in [0, 0.1) is 0 Å². The highest BCUT2D eigenvalue weighted by Gasteiger charge is 2.17. The van der Waals surface area contributed by atoms with Gasteiger partial charge in [0.15, 0.2) is 5.82 Å². The Morgan fingerprint density at radius 3 is 2.10 bits per heavy atom. The van der Waals surface area contributed by atoms with Gasteiger partial charge in [-0.3, -0.25) is 4.57 Å². The number of rotatable bonds is 7. The minimum Gasteiger partial charge on any atom is -0.508 e. The maximum atomic E-state index is 10.5. The predicted molar refractivity (Wildman–Crippen MR) is 117 cm³/mol. The molecule has 0 saturated carbocycles. The topological polar surface area (TPSA) is 89.6 Å². The molecule has 7 nitrogen and oxygen atoms in total. The Kier molecular flexibility index (Phi) is 5.75. The molecule has 0 bridgehead atoms. The number of ether oxygens (including phenoxy) is 2. The molecule has 3 aromatic carbocycles. The third-order valence-electron chi connectivity index (χ3n) is 5.18. The molecule has 158 valence electrons. The highest BCUT2D eigenvalue weighted by Crippen LogP contribution is 2.35. The van der Waals surface area contributed by atoms with E-state index in [1.807, 2.05) is 48.5 Å². The van der Waals surface area contributed by atoms with Gasteiger partial charge in [0.2, 0.25) is 0 Å². The first-order chi connectivity index (χ1) is 15.1. The molecule has 0 aliphatic rings. The number of nitrogens with zero attached hydrogens (tertiary/aromatic N) is 3. The molecule has 7 heteroatoms. The molecular weight excluding hydrogens is 394 g/mol. The minimum atomic E-state index is -0.0616. The summed E-state index contributed by atoms with van der Waals surface area (Å²) in [5.41, 5.74) is 3.16. The summed E-state index contributed by atoms with van der Waals surface area (Å²) in [6.45, 7) is 0. The fourth-order valence-electron chi connectivity index (χ4n) is 3.42. The molecule has 31 heavy (non-hydrogen) atoms. The van der Waals surface area contributed by atoms with Gasteiger partial charge in [0.05, 0.1) is 19.8 Å². The van der Waals surface area contributed by atoms with Gasteiger partial charge in [-0.05, 0) is 66.4 Å². The van der Waals surface area contributed by atoms with Crippen molar-refractivity contribution in [2.75, 3.05) is 14.2 Å². The van der Waals surface area contributed by atoms with Crippen molar-refractivity contribution in [2.45, 2.75) is 12.8 Å². The zero-order valence-corrected chi connectivity index (χ0v) is 17.3. The molecule has 2 N–H and O–H groups in total. The van der Waals surface area contributed by atoms with Crippen LogP contribution >= 0.6 is 0 Å². The normalized spacial score (nSPS) is 10.8. The van der Waals surface area contributed by atoms with Crippen LogP contribution in [0.4, 0.5) is 0 Å². The monoisotopic (exact) mass is 417 g/mol. The number of hydrogen-bond donors (Lipinski definition) is 2. The van der Waals surface area contributed by atoms with Crippen molar-refractivity contribution in [3.8, 4) is 40.1 Å². The predicted octanol–water partition coefficient (Wildman–Crippen LogP) is 4.15. The van der Waals surface area contributed by atoms with E-state index in [1.54, 1.807) is 31.2 Å². The van der Waals surface area contributed by atoms with Crippen LogP contribution in [-0.4, -0.2) is 39.2 Å². The van der Waals surface area contributed by atoms with Gasteiger partial charge in [0.1, 0.15) is 29.3 Å². The fraction of sp³-hybridized carbons (Fsp3) is 0.167. The molecular formula is C24H23N3O4. The molecule has 0 spiro atoms. The van der Waals surface area contributed by atoms with Gasteiger partial charge >= 0.3 is 0 Å². The van der Waals surface area contributed by atoms with Gasteiger partial charge in [-0.1, -0.05) is 12.1 Å². The second-order valence-corrected chi connectivity index (χ2v) is 7.07. The Morgan fingerprint density at radius 1 is 0.806 bits per heavy atom. The van der Waals surface area contributed by atoms with E-state index in [4.69, 9.17) is 9.47 Å². The Morgan fingerprint density at radius 2 is 1.45 bits per heavy atom. The number of aryl methyl sites for hydroxylation is 2. The summed E-state index contributed by atoms with van der Waals surface area (Å²) in [5, 5.41) is 29.1. The van der Waals surface area contributed by atoms with Gasteiger partial charge in [0, 0.05) is 11.8 Å². The van der Waals surface area contributed by atoms with Crippen molar-refractivity contribution in [3.05, 3.63) is 78.1 Å². The van der Waals surface area contributed by atoms with Crippen LogP contribution in [0.5, 0.6) is 23.0 Å². The molecule has 0 saturated heterocycles. The zero-order chi connectivity index (χ0) is 21.8. The van der Waals surface area contributed by atoms with Crippen LogP contribution in [0.15, 0.2) is 67.0 Å². The third kappa shape index (κ3) is 4.30. The first-order valence-corrected chi connectivity index (χ1v) is 9.81. The number of phenols is 2. The van der Waals surface area contributed by atoms with Crippen molar-refractivity contribution in [2.24, 2.45) is 0 Å². The average Bonchev–Trinajstić information content (AvgIpc) is 3.28. The van der Waals surface area contributed by atoms with E-state index < -0.39 is 0 Å². The lowest BCUT2D eigenvalue weighted by atomic mass is 10.0. The molecule has 0 radical (unpaired) electrons. The summed E-state index contributed by atoms with van der Waals surface area (Å²) >= 11 is 0. The minimum absolute atomic E-state index is 0.0466. The lowest BCUT2D eigenvalue weighted by Crippen LogP contribution is -1.99. The van der Waals surface area contributed by atoms with Gasteiger partial charge in [0.25, 0.3) is 0 Å². The maximum Gasteiger partial charge on any atom is 0.172 e. The summed E-state index contributed by atoms with van der Waals surface area (Å²) in [4.78, 5) is 0. The standard InChI is InChI=1S/C24H23N3O4/c1-30-19-9-4-16(5-10-19)3-6-17-13-21(23(29)14-22(17)28)24-26-25-15-27(24)18-7-11-20(31-2)12-8-18/h4-5,7-15,28-29H,3,6H2,1-2H3. The molecule has 1 heterocycles. The summed E-state index contributed by atoms with van der Waals surface area (Å²) in [6.07, 6.45) is 2.91. The van der Waals surface area contributed by atoms with Crippen LogP contribution in [0.3, 0.4) is 0 Å². The van der Waals surface area contributed by atoms with E-state index in [1.165, 1.54) is 6.07 Å². The van der Waals surface area contributed by atoms with Crippen LogP contribution in [0.2, 0.25) is 0 Å². The summed E-state index contributed by atoms with van der Waals surface area (Å²) in [7, 11) is 3.25. The molecule has 0 aliphatic carbocycles. The fourth-order valence-corrected chi connectivity index (χ4v) is 3.42. The van der Waals surface area contributed by atoms with Crippen molar-refractivity contribution >= 4 is 0 Å². The number of phenolic OH excluding ortho intramolecular Hbond substituents is 2. The number of aromatic hydroxyl groups is 2. The molecule has 0 aliphatic heterocycles. The SMILES string of the molecule is COc1ccc(CCc2cc(-c3nncn3-c3ccc(OC)cc3)c(O)cc2O)cc1. The second-order valence-electron chi connectivity index (χ2n) is 7.07. The van der Waals surface area contributed by atoms with E-state index in [0.717, 1.165) is 29.2 Å². The van der Waals surface area contributed by atoms with Crippen LogP contribution in [0.25, 0.3) is 17.1 Å². The smallest absolute Gasteiger partial charge is 0.172 e. The molecule has 4 aromatic rings. The quantitative estimate of drug-likeness (QED) is 0.470. The Hall–Kier alpha value is -4.00. The van der Waals surface area contributed by atoms with E-state index in [2.05, 4.69) is 10.2 Å². The highest BCUT2D eigenvalue weighted by atomic mass is 16.5. The van der Waals surface area contributed by atoms with Crippen molar-refractivity contribution in [1.82, 2.24) is 14.8 Å².